The van der Waals surface area contributed by atoms with Crippen LogP contribution in [0.4, 0.5) is 0 Å². The van der Waals surface area contributed by atoms with Gasteiger partial charge in [0.2, 0.25) is 0 Å². The Morgan fingerprint density at radius 2 is 0.500 bits per heavy atom. The highest BCUT2D eigenvalue weighted by Gasteiger charge is 1.99. The third-order valence-electron chi connectivity index (χ3n) is 5.05. The molecule has 0 spiro atoms. The first-order valence-electron chi connectivity index (χ1n) is 12.7. The van der Waals surface area contributed by atoms with Crippen LogP contribution in [0.3, 0.4) is 0 Å². The summed E-state index contributed by atoms with van der Waals surface area (Å²) in [6.07, 6.45) is 0. The molecule has 0 N–H and O–H groups in total. The van der Waals surface area contributed by atoms with Crippen LogP contribution in [-0.2, 0) is 0 Å². The summed E-state index contributed by atoms with van der Waals surface area (Å²) >= 11 is 40.4. The average molecular weight is 856 g/mol. The first kappa shape index (κ1) is 39.3. The van der Waals surface area contributed by atoms with Gasteiger partial charge in [0.15, 0.2) is 30.9 Å². The first-order valence-corrected chi connectivity index (χ1v) is 19.2. The lowest BCUT2D eigenvalue weighted by atomic mass is 10.3. The number of aromatic nitrogens is 9. The normalized spacial score (nSPS) is 10.2. The van der Waals surface area contributed by atoms with E-state index in [0.717, 1.165) is 29.6 Å². The molecule has 0 fully saturated rings. The Hall–Kier alpha value is -1.50. The van der Waals surface area contributed by atoms with Gasteiger partial charge in [0.05, 0.1) is 30.6 Å². The zero-order valence-electron chi connectivity index (χ0n) is 23.7. The standard InChI is InChI=1S/3C7H5NS2.2C3H3N3S3/c3*9-7-8-5-3-1-2-4-6(5)10-7;2*7-1-4-2(8)6-3(9)5-1/h3*1-4H,(H,8,9);2*(H3,4,5,6,7,8,9). The molecular weight excluding hydrogens is 835 g/mol. The van der Waals surface area contributed by atoms with E-state index in [1.165, 1.54) is 14.1 Å². The van der Waals surface area contributed by atoms with Gasteiger partial charge < -0.3 is 0 Å². The number of hydrogen-bond acceptors (Lipinski definition) is 21. The van der Waals surface area contributed by atoms with Crippen LogP contribution < -0.4 is 0 Å². The van der Waals surface area contributed by atoms with Crippen molar-refractivity contribution in [2.45, 2.75) is 44.0 Å². The third-order valence-corrected chi connectivity index (χ3v) is 9.89. The van der Waals surface area contributed by atoms with Crippen molar-refractivity contribution in [3.8, 4) is 0 Å². The van der Waals surface area contributed by atoms with E-state index >= 15 is 0 Å². The van der Waals surface area contributed by atoms with E-state index in [1.54, 1.807) is 34.0 Å². The summed E-state index contributed by atoms with van der Waals surface area (Å²) in [5.74, 6) is 0. The molecule has 0 aliphatic rings. The summed E-state index contributed by atoms with van der Waals surface area (Å²) in [5, 5.41) is 2.00. The van der Waals surface area contributed by atoms with Gasteiger partial charge in [-0.1, -0.05) is 36.4 Å². The SMILES string of the molecule is Sc1nc(S)nc(S)n1.Sc1nc(S)nc(S)n1.Sc1nc2ccccc2s1.Sc1nc2ccccc2s1.Sc1nc2ccccc2s1. The van der Waals surface area contributed by atoms with Gasteiger partial charge in [-0.3, -0.25) is 0 Å². The number of thiazole rings is 3. The Morgan fingerprint density at radius 1 is 0.292 bits per heavy atom. The minimum absolute atomic E-state index is 0.333. The summed E-state index contributed by atoms with van der Waals surface area (Å²) in [7, 11) is 0. The van der Waals surface area contributed by atoms with E-state index in [1.807, 2.05) is 72.8 Å². The van der Waals surface area contributed by atoms with Crippen LogP contribution in [0.1, 0.15) is 0 Å². The Bertz CT molecular complexity index is 1820. The van der Waals surface area contributed by atoms with Crippen LogP contribution >= 0.6 is 148 Å². The second kappa shape index (κ2) is 19.8. The van der Waals surface area contributed by atoms with Crippen molar-refractivity contribution in [1.29, 1.82) is 0 Å². The van der Waals surface area contributed by atoms with Crippen molar-refractivity contribution in [2.24, 2.45) is 0 Å². The highest BCUT2D eigenvalue weighted by molar-refractivity contribution is 7.83. The van der Waals surface area contributed by atoms with E-state index in [-0.39, 0.29) is 0 Å². The molecule has 0 bridgehead atoms. The van der Waals surface area contributed by atoms with Gasteiger partial charge in [-0.2, -0.15) is 29.9 Å². The van der Waals surface area contributed by atoms with Gasteiger partial charge in [-0.05, 0) is 36.4 Å². The fraction of sp³-hybridized carbons (Fsp3) is 0. The fourth-order valence-electron chi connectivity index (χ4n) is 3.27. The lowest BCUT2D eigenvalue weighted by molar-refractivity contribution is 0.725. The van der Waals surface area contributed by atoms with Crippen molar-refractivity contribution in [2.75, 3.05) is 0 Å². The fourth-order valence-corrected chi connectivity index (χ4v) is 8.20. The largest absolute Gasteiger partial charge is 0.230 e. The first-order chi connectivity index (χ1) is 22.9. The summed E-state index contributed by atoms with van der Waals surface area (Å²) in [6.45, 7) is 0. The number of thiol groups is 9. The molecule has 21 heteroatoms. The number of nitrogens with zero attached hydrogens (tertiary/aromatic N) is 9. The maximum absolute atomic E-state index is 4.20. The highest BCUT2D eigenvalue weighted by atomic mass is 32.2. The Balaban J connectivity index is 0.000000136. The van der Waals surface area contributed by atoms with Crippen molar-refractivity contribution >= 4 is 178 Å². The molecule has 5 aromatic heterocycles. The van der Waals surface area contributed by atoms with Crippen LogP contribution in [0.15, 0.2) is 117 Å². The van der Waals surface area contributed by atoms with Gasteiger partial charge in [0.1, 0.15) is 13.0 Å². The van der Waals surface area contributed by atoms with Crippen LogP contribution in [0.2, 0.25) is 0 Å². The lowest BCUT2D eigenvalue weighted by Crippen LogP contribution is -1.90. The monoisotopic (exact) mass is 855 g/mol. The average Bonchev–Trinajstić information content (AvgIpc) is 3.70. The zero-order chi connectivity index (χ0) is 34.6. The summed E-state index contributed by atoms with van der Waals surface area (Å²) in [5.41, 5.74) is 3.12. The molecule has 5 heterocycles. The van der Waals surface area contributed by atoms with Crippen LogP contribution in [-0.4, -0.2) is 44.9 Å². The molecule has 0 aliphatic heterocycles. The quantitative estimate of drug-likeness (QED) is 0.0689. The van der Waals surface area contributed by atoms with Crippen LogP contribution in [0, 0.1) is 0 Å². The minimum atomic E-state index is 0.333. The van der Waals surface area contributed by atoms with Gasteiger partial charge in [-0.15, -0.1) is 148 Å². The molecule has 48 heavy (non-hydrogen) atoms. The molecule has 0 saturated carbocycles. The van der Waals surface area contributed by atoms with E-state index in [0.29, 0.717) is 30.9 Å². The van der Waals surface area contributed by atoms with Gasteiger partial charge in [0, 0.05) is 0 Å². The molecule has 0 aliphatic carbocycles. The van der Waals surface area contributed by atoms with Crippen LogP contribution in [0.5, 0.6) is 0 Å². The molecule has 3 aromatic carbocycles. The second-order valence-corrected chi connectivity index (χ2v) is 16.0. The van der Waals surface area contributed by atoms with Gasteiger partial charge in [-0.25, -0.2) is 15.0 Å². The molecular formula is C27H21N9S12. The Morgan fingerprint density at radius 3 is 0.708 bits per heavy atom. The molecule has 0 atom stereocenters. The maximum atomic E-state index is 4.20. The van der Waals surface area contributed by atoms with E-state index in [2.05, 4.69) is 159 Å². The molecule has 0 unspecified atom stereocenters. The second-order valence-electron chi connectivity index (χ2n) is 8.36. The van der Waals surface area contributed by atoms with Gasteiger partial charge >= 0.3 is 0 Å². The van der Waals surface area contributed by atoms with E-state index < -0.39 is 0 Å². The van der Waals surface area contributed by atoms with Crippen LogP contribution in [0.25, 0.3) is 30.6 Å². The molecule has 246 valence electrons. The van der Waals surface area contributed by atoms with Crippen molar-refractivity contribution < 1.29 is 0 Å². The van der Waals surface area contributed by atoms with Crippen molar-refractivity contribution in [1.82, 2.24) is 44.9 Å². The number of fused-ring (bicyclic) bond motifs is 3. The summed E-state index contributed by atoms with van der Waals surface area (Å²) in [6, 6.07) is 24.1. The molecule has 0 radical (unpaired) electrons. The zero-order valence-corrected chi connectivity index (χ0v) is 34.2. The molecule has 8 aromatic rings. The Labute approximate surface area is 336 Å². The Kier molecular flexibility index (Phi) is 16.2. The summed E-state index contributed by atoms with van der Waals surface area (Å²) < 4.78 is 6.11. The highest BCUT2D eigenvalue weighted by Crippen LogP contribution is 2.25. The molecule has 8 rings (SSSR count). The number of hydrogen-bond donors (Lipinski definition) is 9. The van der Waals surface area contributed by atoms with E-state index in [9.17, 15) is 0 Å². The predicted octanol–water partition coefficient (Wildman–Crippen LogP) is 9.23. The predicted molar refractivity (Wildman–Crippen MR) is 224 cm³/mol. The number of benzene rings is 3. The van der Waals surface area contributed by atoms with E-state index in [4.69, 9.17) is 0 Å². The smallest absolute Gasteiger partial charge is 0.189 e. The third kappa shape index (κ3) is 13.3. The minimum Gasteiger partial charge on any atom is -0.230 e. The van der Waals surface area contributed by atoms with Crippen molar-refractivity contribution in [3.63, 3.8) is 0 Å². The number of rotatable bonds is 0. The topological polar surface area (TPSA) is 116 Å². The van der Waals surface area contributed by atoms with Crippen molar-refractivity contribution in [3.05, 3.63) is 72.8 Å². The maximum Gasteiger partial charge on any atom is 0.189 e. The van der Waals surface area contributed by atoms with Gasteiger partial charge in [0.25, 0.3) is 0 Å². The number of para-hydroxylation sites is 3. The summed E-state index contributed by atoms with van der Waals surface area (Å²) in [4.78, 5) is 34.7. The molecule has 9 nitrogen and oxygen atoms in total. The lowest BCUT2D eigenvalue weighted by Gasteiger charge is -1.91. The molecule has 0 amide bonds. The molecule has 0 saturated heterocycles.